The van der Waals surface area contributed by atoms with E-state index in [0.29, 0.717) is 18.5 Å². The maximum absolute atomic E-state index is 13.8. The molecule has 38 heavy (non-hydrogen) atoms. The number of hydrogen-bond donors (Lipinski definition) is 1. The Morgan fingerprint density at radius 2 is 1.74 bits per heavy atom. The Balaban J connectivity index is 1.44. The van der Waals surface area contributed by atoms with Gasteiger partial charge >= 0.3 is 0 Å². The molecule has 0 bridgehead atoms. The van der Waals surface area contributed by atoms with Crippen LogP contribution in [0.2, 0.25) is 0 Å². The third kappa shape index (κ3) is 6.23. The fraction of sp³-hybridized carbons (Fsp3) is 0.700. The van der Waals surface area contributed by atoms with E-state index in [4.69, 9.17) is 4.74 Å². The van der Waals surface area contributed by atoms with E-state index < -0.39 is 12.1 Å². The highest BCUT2D eigenvalue weighted by Crippen LogP contribution is 2.41. The largest absolute Gasteiger partial charge is 0.369 e. The zero-order valence-electron chi connectivity index (χ0n) is 24.0. The predicted molar refractivity (Wildman–Crippen MR) is 149 cm³/mol. The first-order chi connectivity index (χ1) is 18.0. The number of ether oxygens (including phenoxy) is 1. The van der Waals surface area contributed by atoms with Crippen LogP contribution >= 0.6 is 0 Å². The molecule has 0 aromatic heterocycles. The summed E-state index contributed by atoms with van der Waals surface area (Å²) in [5.74, 6) is -0.231. The lowest BCUT2D eigenvalue weighted by atomic mass is 9.78. The van der Waals surface area contributed by atoms with Gasteiger partial charge in [-0.2, -0.15) is 0 Å². The highest BCUT2D eigenvalue weighted by atomic mass is 16.5. The smallest absolute Gasteiger partial charge is 0.251 e. The van der Waals surface area contributed by atoms with Gasteiger partial charge in [-0.15, -0.1) is 0 Å². The summed E-state index contributed by atoms with van der Waals surface area (Å²) < 4.78 is 5.86. The number of likely N-dealkylation sites (tertiary alicyclic amines) is 1. The fourth-order valence-corrected chi connectivity index (χ4v) is 6.15. The molecule has 1 aromatic rings. The van der Waals surface area contributed by atoms with Gasteiger partial charge in [-0.05, 0) is 55.0 Å². The van der Waals surface area contributed by atoms with Crippen LogP contribution in [0.5, 0.6) is 0 Å². The molecule has 3 saturated heterocycles. The number of fused-ring (bicyclic) bond motifs is 1. The Kier molecular flexibility index (Phi) is 8.82. The number of anilines is 1. The third-order valence-corrected chi connectivity index (χ3v) is 8.30. The number of piperazine rings is 1. The van der Waals surface area contributed by atoms with Crippen molar-refractivity contribution in [1.29, 1.82) is 0 Å². The van der Waals surface area contributed by atoms with Crippen molar-refractivity contribution in [3.05, 3.63) is 29.8 Å². The van der Waals surface area contributed by atoms with Gasteiger partial charge in [0.05, 0.1) is 6.10 Å². The molecule has 4 rings (SSSR count). The molecule has 3 heterocycles. The minimum atomic E-state index is -0.693. The number of rotatable bonds is 8. The van der Waals surface area contributed by atoms with Gasteiger partial charge in [0, 0.05) is 49.9 Å². The summed E-state index contributed by atoms with van der Waals surface area (Å²) >= 11 is 0. The van der Waals surface area contributed by atoms with Gasteiger partial charge in [0.1, 0.15) is 18.7 Å². The first-order valence-electron chi connectivity index (χ1n) is 14.3. The van der Waals surface area contributed by atoms with E-state index in [1.165, 1.54) is 6.42 Å². The van der Waals surface area contributed by atoms with Crippen molar-refractivity contribution in [3.8, 4) is 0 Å². The molecule has 0 aliphatic carbocycles. The van der Waals surface area contributed by atoms with Gasteiger partial charge in [0.2, 0.25) is 5.91 Å². The first kappa shape index (κ1) is 28.6. The van der Waals surface area contributed by atoms with Crippen molar-refractivity contribution in [2.75, 3.05) is 50.8 Å². The molecule has 210 valence electrons. The van der Waals surface area contributed by atoms with Gasteiger partial charge in [0.15, 0.2) is 5.78 Å². The van der Waals surface area contributed by atoms with Crippen LogP contribution in [0.25, 0.3) is 0 Å². The Bertz CT molecular complexity index is 995. The van der Waals surface area contributed by atoms with E-state index in [1.54, 1.807) is 4.90 Å². The SMILES string of the molecule is CCCN1CCN(c2ccc(C(=O)N[C@@H](CC(C)C)C(=O)N3C[C@@H](C(C)(C)C)[C@H]4OCC(=O)[C@H]43)cc2)CC1. The van der Waals surface area contributed by atoms with Gasteiger partial charge in [0.25, 0.3) is 5.91 Å². The van der Waals surface area contributed by atoms with E-state index in [1.807, 2.05) is 38.1 Å². The minimum Gasteiger partial charge on any atom is -0.369 e. The average Bonchev–Trinajstić information content (AvgIpc) is 3.44. The van der Waals surface area contributed by atoms with Crippen LogP contribution in [0, 0.1) is 17.3 Å². The van der Waals surface area contributed by atoms with Gasteiger partial charge < -0.3 is 19.9 Å². The van der Waals surface area contributed by atoms with Crippen LogP contribution in [-0.2, 0) is 14.3 Å². The summed E-state index contributed by atoms with van der Waals surface area (Å²) in [6.45, 7) is 18.4. The number of ketones is 1. The topological polar surface area (TPSA) is 82.2 Å². The Morgan fingerprint density at radius 1 is 1.08 bits per heavy atom. The molecule has 3 fully saturated rings. The second kappa shape index (κ2) is 11.7. The number of amides is 2. The van der Waals surface area contributed by atoms with Crippen LogP contribution in [0.1, 0.15) is 64.7 Å². The maximum atomic E-state index is 13.8. The predicted octanol–water partition coefficient (Wildman–Crippen LogP) is 3.20. The summed E-state index contributed by atoms with van der Waals surface area (Å²) in [6.07, 6.45) is 1.40. The van der Waals surface area contributed by atoms with E-state index in [0.717, 1.165) is 38.4 Å². The van der Waals surface area contributed by atoms with E-state index in [-0.39, 0.29) is 47.6 Å². The van der Waals surface area contributed by atoms with Crippen LogP contribution in [-0.4, -0.2) is 91.5 Å². The normalized spacial score (nSPS) is 25.1. The number of nitrogens with zero attached hydrogens (tertiary/aromatic N) is 3. The number of hydrogen-bond acceptors (Lipinski definition) is 6. The van der Waals surface area contributed by atoms with Crippen molar-refractivity contribution in [2.24, 2.45) is 17.3 Å². The van der Waals surface area contributed by atoms with E-state index in [9.17, 15) is 14.4 Å². The number of nitrogens with one attached hydrogen (secondary N) is 1. The van der Waals surface area contributed by atoms with Gasteiger partial charge in [-0.25, -0.2) is 0 Å². The minimum absolute atomic E-state index is 0.0455. The molecule has 8 heteroatoms. The van der Waals surface area contributed by atoms with E-state index >= 15 is 0 Å². The summed E-state index contributed by atoms with van der Waals surface area (Å²) in [5.41, 5.74) is 1.54. The summed E-state index contributed by atoms with van der Waals surface area (Å²) in [7, 11) is 0. The number of Topliss-reactive ketones (excluding diaryl/α,β-unsaturated/α-hetero) is 1. The highest BCUT2D eigenvalue weighted by molar-refractivity contribution is 5.99. The quantitative estimate of drug-likeness (QED) is 0.560. The lowest BCUT2D eigenvalue weighted by Gasteiger charge is -2.36. The summed E-state index contributed by atoms with van der Waals surface area (Å²) in [4.78, 5) is 46.4. The lowest BCUT2D eigenvalue weighted by molar-refractivity contribution is -0.138. The van der Waals surface area contributed by atoms with Crippen molar-refractivity contribution in [1.82, 2.24) is 15.1 Å². The molecular formula is C30H46N4O4. The molecule has 0 unspecified atom stereocenters. The standard InChI is InChI=1S/C30H46N4O4/c1-7-12-32-13-15-33(16-14-32)22-10-8-21(9-11-22)28(36)31-24(17-20(2)3)29(37)34-18-23(30(4,5)6)27-26(34)25(35)19-38-27/h8-11,20,23-24,26-27H,7,12-19H2,1-6H3,(H,31,36)/t23-,24+,26-,27-/m1/s1. The van der Waals surface area contributed by atoms with Crippen molar-refractivity contribution < 1.29 is 19.1 Å². The molecule has 0 radical (unpaired) electrons. The van der Waals surface area contributed by atoms with Crippen LogP contribution in [0.3, 0.4) is 0 Å². The average molecular weight is 527 g/mol. The molecule has 4 atom stereocenters. The lowest BCUT2D eigenvalue weighted by Crippen LogP contribution is -2.52. The number of carbonyl (C=O) groups is 3. The monoisotopic (exact) mass is 526 g/mol. The van der Waals surface area contributed by atoms with Crippen LogP contribution in [0.4, 0.5) is 5.69 Å². The molecule has 3 aliphatic rings. The summed E-state index contributed by atoms with van der Waals surface area (Å²) in [5, 5.41) is 3.01. The first-order valence-corrected chi connectivity index (χ1v) is 14.3. The second-order valence-corrected chi connectivity index (χ2v) is 12.7. The molecule has 2 amide bonds. The van der Waals surface area contributed by atoms with Crippen LogP contribution in [0.15, 0.2) is 24.3 Å². The number of carbonyl (C=O) groups excluding carboxylic acids is 3. The van der Waals surface area contributed by atoms with Crippen molar-refractivity contribution in [3.63, 3.8) is 0 Å². The molecule has 3 aliphatic heterocycles. The molecular weight excluding hydrogens is 480 g/mol. The Hall–Kier alpha value is -2.45. The van der Waals surface area contributed by atoms with E-state index in [2.05, 4.69) is 42.8 Å². The Labute approximate surface area is 228 Å². The Morgan fingerprint density at radius 3 is 2.32 bits per heavy atom. The number of benzene rings is 1. The molecule has 0 saturated carbocycles. The molecule has 1 N–H and O–H groups in total. The van der Waals surface area contributed by atoms with Crippen molar-refractivity contribution in [2.45, 2.75) is 72.6 Å². The van der Waals surface area contributed by atoms with Gasteiger partial charge in [-0.1, -0.05) is 41.5 Å². The fourth-order valence-electron chi connectivity index (χ4n) is 6.15. The molecule has 8 nitrogen and oxygen atoms in total. The highest BCUT2D eigenvalue weighted by Gasteiger charge is 2.55. The zero-order valence-corrected chi connectivity index (χ0v) is 24.0. The maximum Gasteiger partial charge on any atom is 0.251 e. The molecule has 1 aromatic carbocycles. The second-order valence-electron chi connectivity index (χ2n) is 12.7. The summed E-state index contributed by atoms with van der Waals surface area (Å²) in [6, 6.07) is 6.43. The van der Waals surface area contributed by atoms with Crippen LogP contribution < -0.4 is 10.2 Å². The molecule has 0 spiro atoms. The van der Waals surface area contributed by atoms with Crippen molar-refractivity contribution >= 4 is 23.3 Å². The zero-order chi connectivity index (χ0) is 27.6. The third-order valence-electron chi connectivity index (χ3n) is 8.30. The van der Waals surface area contributed by atoms with Gasteiger partial charge in [-0.3, -0.25) is 19.3 Å².